The number of benzene rings is 2. The van der Waals surface area contributed by atoms with E-state index < -0.39 is 0 Å². The Labute approximate surface area is 174 Å². The van der Waals surface area contributed by atoms with E-state index in [0.717, 1.165) is 27.1 Å². The van der Waals surface area contributed by atoms with Crippen LogP contribution in [0.1, 0.15) is 39.5 Å². The average Bonchev–Trinajstić information content (AvgIpc) is 3.25. The predicted molar refractivity (Wildman–Crippen MR) is 119 cm³/mol. The van der Waals surface area contributed by atoms with Gasteiger partial charge in [0.15, 0.2) is 0 Å². The maximum Gasteiger partial charge on any atom is 0.268 e. The van der Waals surface area contributed by atoms with Gasteiger partial charge in [-0.1, -0.05) is 42.5 Å². The van der Waals surface area contributed by atoms with Crippen molar-refractivity contribution < 1.29 is 9.53 Å². The fourth-order valence-corrected chi connectivity index (χ4v) is 4.53. The number of nitrogens with one attached hydrogen (secondary N) is 1. The molecule has 0 aliphatic heterocycles. The third-order valence-corrected chi connectivity index (χ3v) is 6.05. The summed E-state index contributed by atoms with van der Waals surface area (Å²) in [4.78, 5) is 14.4. The monoisotopic (exact) mass is 404 g/mol. The summed E-state index contributed by atoms with van der Waals surface area (Å²) in [5.41, 5.74) is 3.95. The lowest BCUT2D eigenvalue weighted by Crippen LogP contribution is -2.28. The van der Waals surface area contributed by atoms with E-state index in [-0.39, 0.29) is 11.9 Å². The fraction of sp³-hybridized carbons (Fsp3) is 0.208. The van der Waals surface area contributed by atoms with E-state index in [0.29, 0.717) is 12.2 Å². The van der Waals surface area contributed by atoms with Crippen LogP contribution in [0.25, 0.3) is 10.2 Å². The van der Waals surface area contributed by atoms with Crippen LogP contribution in [0.2, 0.25) is 0 Å². The van der Waals surface area contributed by atoms with Gasteiger partial charge in [0.1, 0.15) is 11.4 Å². The van der Waals surface area contributed by atoms with E-state index in [1.807, 2.05) is 61.5 Å². The molecule has 29 heavy (non-hydrogen) atoms. The number of aromatic nitrogens is 1. The molecule has 4 nitrogen and oxygen atoms in total. The molecule has 1 atom stereocenters. The van der Waals surface area contributed by atoms with Gasteiger partial charge in [-0.05, 0) is 49.2 Å². The fourth-order valence-electron chi connectivity index (χ4n) is 3.57. The van der Waals surface area contributed by atoms with Crippen LogP contribution in [0.4, 0.5) is 0 Å². The zero-order valence-corrected chi connectivity index (χ0v) is 17.6. The molecule has 0 bridgehead atoms. The molecule has 2 heterocycles. The van der Waals surface area contributed by atoms with Gasteiger partial charge in [0.05, 0.1) is 23.4 Å². The molecule has 0 aliphatic carbocycles. The number of carbonyl (C=O) groups is 1. The van der Waals surface area contributed by atoms with Crippen molar-refractivity contribution >= 4 is 27.5 Å². The van der Waals surface area contributed by atoms with Gasteiger partial charge in [0.2, 0.25) is 0 Å². The number of rotatable bonds is 6. The number of hydrogen-bond donors (Lipinski definition) is 1. The summed E-state index contributed by atoms with van der Waals surface area (Å²) in [6.07, 6.45) is 0. The number of thiophene rings is 1. The number of hydrogen-bond acceptors (Lipinski definition) is 3. The minimum absolute atomic E-state index is 0.0645. The standard InChI is InChI=1S/C24H24N2O2S/c1-16-12-21-23(29-16)14-22(24(27)25-17(2)19-9-5-4-6-10-19)26(21)15-18-8-7-11-20(13-18)28-3/h4-14,17H,15H2,1-3H3,(H,25,27)/t17-/m1/s1. The second kappa shape index (κ2) is 8.13. The van der Waals surface area contributed by atoms with Gasteiger partial charge in [-0.15, -0.1) is 11.3 Å². The van der Waals surface area contributed by atoms with Gasteiger partial charge in [0, 0.05) is 11.4 Å². The molecule has 1 amide bonds. The summed E-state index contributed by atoms with van der Waals surface area (Å²) < 4.78 is 8.58. The van der Waals surface area contributed by atoms with E-state index in [1.165, 1.54) is 4.88 Å². The van der Waals surface area contributed by atoms with Crippen molar-refractivity contribution in [3.05, 3.63) is 88.4 Å². The Kier molecular flexibility index (Phi) is 5.41. The Morgan fingerprint density at radius 2 is 1.90 bits per heavy atom. The van der Waals surface area contributed by atoms with Crippen LogP contribution in [0.5, 0.6) is 5.75 Å². The van der Waals surface area contributed by atoms with Gasteiger partial charge < -0.3 is 14.6 Å². The highest BCUT2D eigenvalue weighted by Crippen LogP contribution is 2.30. The molecule has 0 saturated heterocycles. The number of nitrogens with zero attached hydrogens (tertiary/aromatic N) is 1. The van der Waals surface area contributed by atoms with Crippen LogP contribution < -0.4 is 10.1 Å². The molecule has 4 aromatic rings. The number of amides is 1. The lowest BCUT2D eigenvalue weighted by molar-refractivity contribution is 0.0931. The van der Waals surface area contributed by atoms with Gasteiger partial charge >= 0.3 is 0 Å². The first-order valence-electron chi connectivity index (χ1n) is 9.63. The highest BCUT2D eigenvalue weighted by molar-refractivity contribution is 7.19. The maximum absolute atomic E-state index is 13.2. The molecule has 2 aromatic heterocycles. The lowest BCUT2D eigenvalue weighted by atomic mass is 10.1. The number of aryl methyl sites for hydroxylation is 1. The third-order valence-electron chi connectivity index (χ3n) is 5.07. The van der Waals surface area contributed by atoms with Gasteiger partial charge in [-0.2, -0.15) is 0 Å². The van der Waals surface area contributed by atoms with Crippen molar-refractivity contribution in [2.45, 2.75) is 26.4 Å². The smallest absolute Gasteiger partial charge is 0.268 e. The van der Waals surface area contributed by atoms with E-state index in [4.69, 9.17) is 4.74 Å². The quantitative estimate of drug-likeness (QED) is 0.457. The molecular weight excluding hydrogens is 380 g/mol. The van der Waals surface area contributed by atoms with Gasteiger partial charge in [-0.25, -0.2) is 0 Å². The minimum atomic E-state index is -0.0661. The highest BCUT2D eigenvalue weighted by atomic mass is 32.1. The Hall–Kier alpha value is -3.05. The predicted octanol–water partition coefficient (Wildman–Crippen LogP) is 5.56. The van der Waals surface area contributed by atoms with Crippen LogP contribution >= 0.6 is 11.3 Å². The van der Waals surface area contributed by atoms with E-state index in [2.05, 4.69) is 28.9 Å². The summed E-state index contributed by atoms with van der Waals surface area (Å²) in [6.45, 7) is 4.71. The summed E-state index contributed by atoms with van der Waals surface area (Å²) >= 11 is 1.71. The molecule has 0 spiro atoms. The summed E-state index contributed by atoms with van der Waals surface area (Å²) in [5.74, 6) is 0.751. The van der Waals surface area contributed by atoms with Crippen molar-refractivity contribution in [2.75, 3.05) is 7.11 Å². The third kappa shape index (κ3) is 4.05. The first kappa shape index (κ1) is 19.3. The largest absolute Gasteiger partial charge is 0.497 e. The van der Waals surface area contributed by atoms with Crippen LogP contribution in [0.15, 0.2) is 66.7 Å². The molecular formula is C24H24N2O2S. The van der Waals surface area contributed by atoms with Crippen molar-refractivity contribution in [1.29, 1.82) is 0 Å². The molecule has 0 radical (unpaired) electrons. The topological polar surface area (TPSA) is 43.3 Å². The highest BCUT2D eigenvalue weighted by Gasteiger charge is 2.19. The zero-order chi connectivity index (χ0) is 20.4. The summed E-state index contributed by atoms with van der Waals surface area (Å²) in [6, 6.07) is 22.1. The molecule has 0 unspecified atom stereocenters. The molecule has 0 aliphatic rings. The van der Waals surface area contributed by atoms with E-state index in [9.17, 15) is 4.79 Å². The SMILES string of the molecule is COc1cccc(Cn2c(C(=O)N[C@H](C)c3ccccc3)cc3sc(C)cc32)c1. The Morgan fingerprint density at radius 3 is 2.66 bits per heavy atom. The summed E-state index contributed by atoms with van der Waals surface area (Å²) in [7, 11) is 1.67. The van der Waals surface area contributed by atoms with Gasteiger partial charge in [0.25, 0.3) is 5.91 Å². The second-order valence-electron chi connectivity index (χ2n) is 7.18. The molecule has 4 rings (SSSR count). The van der Waals surface area contributed by atoms with Crippen molar-refractivity contribution in [3.63, 3.8) is 0 Å². The molecule has 1 N–H and O–H groups in total. The summed E-state index contributed by atoms with van der Waals surface area (Å²) in [5, 5.41) is 3.15. The first-order chi connectivity index (χ1) is 14.0. The molecule has 0 saturated carbocycles. The number of fused-ring (bicyclic) bond motifs is 1. The van der Waals surface area contributed by atoms with E-state index in [1.54, 1.807) is 18.4 Å². The molecule has 2 aromatic carbocycles. The number of ether oxygens (including phenoxy) is 1. The average molecular weight is 405 g/mol. The van der Waals surface area contributed by atoms with Crippen LogP contribution in [-0.4, -0.2) is 17.6 Å². The Bertz CT molecular complexity index is 1140. The normalized spacial score (nSPS) is 12.1. The minimum Gasteiger partial charge on any atom is -0.497 e. The Balaban J connectivity index is 1.67. The van der Waals surface area contributed by atoms with Gasteiger partial charge in [-0.3, -0.25) is 4.79 Å². The number of methoxy groups -OCH3 is 1. The van der Waals surface area contributed by atoms with Crippen LogP contribution in [-0.2, 0) is 6.54 Å². The van der Waals surface area contributed by atoms with Crippen molar-refractivity contribution in [1.82, 2.24) is 9.88 Å². The molecule has 5 heteroatoms. The van der Waals surface area contributed by atoms with Crippen molar-refractivity contribution in [2.24, 2.45) is 0 Å². The van der Waals surface area contributed by atoms with E-state index >= 15 is 0 Å². The zero-order valence-electron chi connectivity index (χ0n) is 16.8. The maximum atomic E-state index is 13.2. The lowest BCUT2D eigenvalue weighted by Gasteiger charge is -2.16. The van der Waals surface area contributed by atoms with Crippen LogP contribution in [0, 0.1) is 6.92 Å². The molecule has 148 valence electrons. The Morgan fingerprint density at radius 1 is 1.10 bits per heavy atom. The first-order valence-corrected chi connectivity index (χ1v) is 10.4. The number of carbonyl (C=O) groups excluding carboxylic acids is 1. The van der Waals surface area contributed by atoms with Crippen LogP contribution in [0.3, 0.4) is 0 Å². The second-order valence-corrected chi connectivity index (χ2v) is 8.47. The molecule has 0 fully saturated rings. The van der Waals surface area contributed by atoms with Crippen molar-refractivity contribution in [3.8, 4) is 5.75 Å².